The number of amides is 1. The van der Waals surface area contributed by atoms with Gasteiger partial charge < -0.3 is 20.0 Å². The van der Waals surface area contributed by atoms with Gasteiger partial charge in [0, 0.05) is 19.0 Å². The topological polar surface area (TPSA) is 97.0 Å². The first kappa shape index (κ1) is 29.7. The number of halogens is 3. The molecule has 2 aromatic carbocycles. The van der Waals surface area contributed by atoms with E-state index in [1.807, 2.05) is 31.0 Å². The fraction of sp³-hybridized carbons (Fsp3) is 0.367. The third-order valence-corrected chi connectivity index (χ3v) is 7.29. The standard InChI is InChI=1S/C30H32F3N3O5/c1-20-26-18-25(41-15-5-13-34(2)27-6-3-4-14-36(27)40)12-9-22(26)16-23(17-28(37)38)29(39)35(20)19-21-7-10-24(11-8-21)30(31,32)33/h3-4,6-12,14,18,20,23H,5,13,15-17,19H2,1-2H3,(H,37,38). The molecular weight excluding hydrogens is 539 g/mol. The molecule has 1 aromatic heterocycles. The first-order valence-electron chi connectivity index (χ1n) is 13.3. The number of ether oxygens (including phenoxy) is 1. The molecule has 0 aliphatic carbocycles. The van der Waals surface area contributed by atoms with Crippen molar-refractivity contribution >= 4 is 17.7 Å². The van der Waals surface area contributed by atoms with Gasteiger partial charge in [-0.25, -0.2) is 4.73 Å². The number of pyridine rings is 1. The van der Waals surface area contributed by atoms with Crippen LogP contribution in [0.15, 0.2) is 66.9 Å². The van der Waals surface area contributed by atoms with Crippen molar-refractivity contribution in [3.05, 3.63) is 94.3 Å². The highest BCUT2D eigenvalue weighted by Crippen LogP contribution is 2.36. The van der Waals surface area contributed by atoms with Crippen molar-refractivity contribution < 1.29 is 37.3 Å². The molecule has 0 fully saturated rings. The van der Waals surface area contributed by atoms with E-state index < -0.39 is 29.7 Å². The highest BCUT2D eigenvalue weighted by molar-refractivity contribution is 5.84. The number of fused-ring (bicyclic) bond motifs is 1. The van der Waals surface area contributed by atoms with Crippen LogP contribution < -0.4 is 14.4 Å². The Morgan fingerprint density at radius 3 is 2.56 bits per heavy atom. The van der Waals surface area contributed by atoms with Crippen molar-refractivity contribution in [1.29, 1.82) is 0 Å². The first-order valence-corrected chi connectivity index (χ1v) is 13.3. The van der Waals surface area contributed by atoms with Crippen LogP contribution in [0.25, 0.3) is 0 Å². The molecule has 2 atom stereocenters. The fourth-order valence-electron chi connectivity index (χ4n) is 5.09. The van der Waals surface area contributed by atoms with Crippen molar-refractivity contribution in [2.24, 2.45) is 5.92 Å². The molecule has 2 unspecified atom stereocenters. The molecule has 2 heterocycles. The van der Waals surface area contributed by atoms with Crippen LogP contribution in [0.1, 0.15) is 48.1 Å². The van der Waals surface area contributed by atoms with Crippen molar-refractivity contribution in [3.8, 4) is 5.75 Å². The Labute approximate surface area is 236 Å². The average Bonchev–Trinajstić information content (AvgIpc) is 3.01. The molecule has 4 rings (SSSR count). The van der Waals surface area contributed by atoms with Crippen LogP contribution in [0.5, 0.6) is 5.75 Å². The Hall–Kier alpha value is -4.28. The van der Waals surface area contributed by atoms with Crippen molar-refractivity contribution in [2.45, 2.75) is 44.9 Å². The van der Waals surface area contributed by atoms with Gasteiger partial charge in [0.1, 0.15) is 5.75 Å². The third-order valence-electron chi connectivity index (χ3n) is 7.29. The Morgan fingerprint density at radius 2 is 1.90 bits per heavy atom. The summed E-state index contributed by atoms with van der Waals surface area (Å²) in [7, 11) is 1.82. The van der Waals surface area contributed by atoms with E-state index in [1.54, 1.807) is 24.3 Å². The molecular formula is C30H32F3N3O5. The molecule has 1 aliphatic rings. The van der Waals surface area contributed by atoms with Gasteiger partial charge in [-0.2, -0.15) is 13.2 Å². The Bertz CT molecular complexity index is 1380. The van der Waals surface area contributed by atoms with Gasteiger partial charge in [-0.05, 0) is 60.4 Å². The van der Waals surface area contributed by atoms with Crippen LogP contribution in [-0.4, -0.2) is 42.1 Å². The van der Waals surface area contributed by atoms with E-state index >= 15 is 0 Å². The summed E-state index contributed by atoms with van der Waals surface area (Å²) in [4.78, 5) is 28.4. The second kappa shape index (κ2) is 12.5. The van der Waals surface area contributed by atoms with Crippen LogP contribution in [0, 0.1) is 11.1 Å². The summed E-state index contributed by atoms with van der Waals surface area (Å²) in [6, 6.07) is 14.8. The highest BCUT2D eigenvalue weighted by atomic mass is 19.4. The van der Waals surface area contributed by atoms with Gasteiger partial charge >= 0.3 is 12.1 Å². The van der Waals surface area contributed by atoms with Gasteiger partial charge in [0.25, 0.3) is 5.82 Å². The number of carbonyl (C=O) groups excluding carboxylic acids is 1. The number of rotatable bonds is 10. The van der Waals surface area contributed by atoms with E-state index in [-0.39, 0.29) is 25.3 Å². The highest BCUT2D eigenvalue weighted by Gasteiger charge is 2.36. The summed E-state index contributed by atoms with van der Waals surface area (Å²) >= 11 is 0. The summed E-state index contributed by atoms with van der Waals surface area (Å²) < 4.78 is 45.9. The predicted molar refractivity (Wildman–Crippen MR) is 145 cm³/mol. The van der Waals surface area contributed by atoms with Gasteiger partial charge in [0.2, 0.25) is 5.91 Å². The lowest BCUT2D eigenvalue weighted by molar-refractivity contribution is -0.592. The summed E-state index contributed by atoms with van der Waals surface area (Å²) in [6.07, 6.45) is -2.53. The Balaban J connectivity index is 1.50. The van der Waals surface area contributed by atoms with Crippen LogP contribution in [0.3, 0.4) is 0 Å². The zero-order chi connectivity index (χ0) is 29.7. The normalized spacial score (nSPS) is 17.1. The van der Waals surface area contributed by atoms with E-state index in [0.29, 0.717) is 36.7 Å². The van der Waals surface area contributed by atoms with Crippen molar-refractivity contribution in [3.63, 3.8) is 0 Å². The number of carbonyl (C=O) groups is 2. The third kappa shape index (κ3) is 7.27. The summed E-state index contributed by atoms with van der Waals surface area (Å²) in [5.41, 5.74) is 1.34. The maximum absolute atomic E-state index is 13.5. The molecule has 1 aliphatic heterocycles. The SMILES string of the molecule is CC1c2cc(OCCCN(C)c3cccc[n+]3[O-])ccc2CC(CC(=O)O)C(=O)N1Cc1ccc(C(F)(F)F)cc1. The van der Waals surface area contributed by atoms with E-state index in [0.717, 1.165) is 28.0 Å². The molecule has 218 valence electrons. The average molecular weight is 572 g/mol. The smallest absolute Gasteiger partial charge is 0.416 e. The molecule has 0 saturated heterocycles. The number of carboxylic acid groups (broad SMARTS) is 1. The lowest BCUT2D eigenvalue weighted by atomic mass is 9.93. The van der Waals surface area contributed by atoms with Crippen LogP contribution in [0.4, 0.5) is 19.0 Å². The van der Waals surface area contributed by atoms with E-state index in [1.165, 1.54) is 23.2 Å². The molecule has 8 nitrogen and oxygen atoms in total. The minimum absolute atomic E-state index is 0.0321. The van der Waals surface area contributed by atoms with E-state index in [2.05, 4.69) is 0 Å². The van der Waals surface area contributed by atoms with Gasteiger partial charge in [0.05, 0.1) is 50.3 Å². The summed E-state index contributed by atoms with van der Waals surface area (Å²) in [6.45, 7) is 2.81. The number of hydrogen-bond acceptors (Lipinski definition) is 5. The monoisotopic (exact) mass is 571 g/mol. The van der Waals surface area contributed by atoms with Gasteiger partial charge in [-0.1, -0.05) is 24.3 Å². The zero-order valence-corrected chi connectivity index (χ0v) is 22.8. The molecule has 11 heteroatoms. The maximum Gasteiger partial charge on any atom is 0.416 e. The molecule has 0 radical (unpaired) electrons. The quantitative estimate of drug-likeness (QED) is 0.210. The zero-order valence-electron chi connectivity index (χ0n) is 22.8. The van der Waals surface area contributed by atoms with Gasteiger partial charge in [-0.15, -0.1) is 0 Å². The fourth-order valence-corrected chi connectivity index (χ4v) is 5.09. The molecule has 0 bridgehead atoms. The number of aliphatic carboxylic acids is 1. The number of nitrogens with zero attached hydrogens (tertiary/aromatic N) is 3. The van der Waals surface area contributed by atoms with Crippen LogP contribution >= 0.6 is 0 Å². The maximum atomic E-state index is 13.5. The number of aromatic nitrogens is 1. The Morgan fingerprint density at radius 1 is 1.17 bits per heavy atom. The first-order chi connectivity index (χ1) is 19.4. The van der Waals surface area contributed by atoms with E-state index in [9.17, 15) is 33.1 Å². The van der Waals surface area contributed by atoms with Gasteiger partial charge in [-0.3, -0.25) is 14.5 Å². The van der Waals surface area contributed by atoms with Crippen LogP contribution in [-0.2, 0) is 28.7 Å². The minimum Gasteiger partial charge on any atom is -0.711 e. The van der Waals surface area contributed by atoms with Gasteiger partial charge in [0.15, 0.2) is 0 Å². The molecule has 0 spiro atoms. The van der Waals surface area contributed by atoms with Crippen molar-refractivity contribution in [1.82, 2.24) is 4.90 Å². The van der Waals surface area contributed by atoms with Crippen LogP contribution in [0.2, 0.25) is 0 Å². The largest absolute Gasteiger partial charge is 0.711 e. The second-order valence-electron chi connectivity index (χ2n) is 10.2. The summed E-state index contributed by atoms with van der Waals surface area (Å²) in [5.74, 6) is -1.17. The molecule has 1 amide bonds. The number of alkyl halides is 3. The molecule has 0 saturated carbocycles. The number of anilines is 1. The minimum atomic E-state index is -4.47. The number of hydrogen-bond donors (Lipinski definition) is 1. The lowest BCUT2D eigenvalue weighted by Crippen LogP contribution is -2.37. The van der Waals surface area contributed by atoms with Crippen molar-refractivity contribution in [2.75, 3.05) is 25.1 Å². The molecule has 1 N–H and O–H groups in total. The Kier molecular flexibility index (Phi) is 9.05. The summed E-state index contributed by atoms with van der Waals surface area (Å²) in [5, 5.41) is 21.4. The lowest BCUT2D eigenvalue weighted by Gasteiger charge is -2.30. The molecule has 41 heavy (non-hydrogen) atoms. The number of benzene rings is 2. The second-order valence-corrected chi connectivity index (χ2v) is 10.2. The van der Waals surface area contributed by atoms with E-state index in [4.69, 9.17) is 4.74 Å². The molecule has 3 aromatic rings. The predicted octanol–water partition coefficient (Wildman–Crippen LogP) is 4.98. The number of carboxylic acids is 1.